The van der Waals surface area contributed by atoms with Crippen molar-refractivity contribution in [2.45, 2.75) is 51.6 Å². The number of hydrogen-bond acceptors (Lipinski definition) is 3. The average Bonchev–Trinajstić information content (AvgIpc) is 2.91. The Morgan fingerprint density at radius 2 is 2.17 bits per heavy atom. The molecular weight excluding hydrogens is 286 g/mol. The predicted octanol–water partition coefficient (Wildman–Crippen LogP) is 3.63. The summed E-state index contributed by atoms with van der Waals surface area (Å²) in [6.45, 7) is 4.31. The number of nitrogens with zero attached hydrogens (tertiary/aromatic N) is 1. The van der Waals surface area contributed by atoms with Crippen molar-refractivity contribution in [3.8, 4) is 12.3 Å². The third-order valence-corrected chi connectivity index (χ3v) is 4.58. The van der Waals surface area contributed by atoms with Crippen molar-refractivity contribution in [3.05, 3.63) is 35.9 Å². The topological polar surface area (TPSA) is 29.5 Å². The summed E-state index contributed by atoms with van der Waals surface area (Å²) in [5.41, 5.74) is 1.33. The van der Waals surface area contributed by atoms with Crippen LogP contribution in [0.2, 0.25) is 0 Å². The molecule has 2 rings (SSSR count). The zero-order chi connectivity index (χ0) is 16.5. The van der Waals surface area contributed by atoms with Gasteiger partial charge in [0.1, 0.15) is 0 Å². The van der Waals surface area contributed by atoms with E-state index in [4.69, 9.17) is 11.2 Å². The molecule has 0 aromatic heterocycles. The fourth-order valence-electron chi connectivity index (χ4n) is 3.51. The third-order valence-electron chi connectivity index (χ3n) is 4.58. The standard InChI is InChI=1S/C20H27NO2/c1-3-5-7-12-19-18(15-20(22)23-4-2)13-14-21(19)16-17-10-8-6-9-11-17/h1,6,8-11,18-19H,4-5,7,12-16H2,2H3. The lowest BCUT2D eigenvalue weighted by Gasteiger charge is -2.28. The van der Waals surface area contributed by atoms with Gasteiger partial charge in [-0.15, -0.1) is 12.3 Å². The van der Waals surface area contributed by atoms with Gasteiger partial charge in [-0.25, -0.2) is 0 Å². The van der Waals surface area contributed by atoms with Crippen LogP contribution in [-0.2, 0) is 16.1 Å². The monoisotopic (exact) mass is 313 g/mol. The van der Waals surface area contributed by atoms with Gasteiger partial charge in [0.05, 0.1) is 6.61 Å². The van der Waals surface area contributed by atoms with Crippen molar-refractivity contribution in [3.63, 3.8) is 0 Å². The van der Waals surface area contributed by atoms with Crippen molar-refractivity contribution in [2.75, 3.05) is 13.2 Å². The normalized spacial score (nSPS) is 21.0. The maximum atomic E-state index is 11.9. The molecule has 0 N–H and O–H groups in total. The maximum absolute atomic E-state index is 11.9. The Morgan fingerprint density at radius 3 is 2.87 bits per heavy atom. The number of rotatable bonds is 8. The van der Waals surface area contributed by atoms with Crippen LogP contribution < -0.4 is 0 Å². The number of ether oxygens (including phenoxy) is 1. The van der Waals surface area contributed by atoms with E-state index in [2.05, 4.69) is 35.1 Å². The average molecular weight is 313 g/mol. The lowest BCUT2D eigenvalue weighted by Crippen LogP contribution is -2.33. The highest BCUT2D eigenvalue weighted by Crippen LogP contribution is 2.32. The van der Waals surface area contributed by atoms with Crippen molar-refractivity contribution < 1.29 is 9.53 Å². The largest absolute Gasteiger partial charge is 0.466 e. The van der Waals surface area contributed by atoms with Crippen LogP contribution in [0.5, 0.6) is 0 Å². The fourth-order valence-corrected chi connectivity index (χ4v) is 3.51. The van der Waals surface area contributed by atoms with E-state index in [1.54, 1.807) is 0 Å². The smallest absolute Gasteiger partial charge is 0.306 e. The highest BCUT2D eigenvalue weighted by Gasteiger charge is 2.34. The molecule has 0 saturated carbocycles. The summed E-state index contributed by atoms with van der Waals surface area (Å²) in [5.74, 6) is 3.04. The summed E-state index contributed by atoms with van der Waals surface area (Å²) >= 11 is 0. The van der Waals surface area contributed by atoms with Gasteiger partial charge in [-0.3, -0.25) is 9.69 Å². The number of carbonyl (C=O) groups excluding carboxylic acids is 1. The summed E-state index contributed by atoms with van der Waals surface area (Å²) in [6, 6.07) is 11.0. The minimum absolute atomic E-state index is 0.0685. The number of carbonyl (C=O) groups is 1. The van der Waals surface area contributed by atoms with E-state index < -0.39 is 0 Å². The molecule has 1 aromatic rings. The Labute approximate surface area is 140 Å². The molecule has 3 heteroatoms. The van der Waals surface area contributed by atoms with Crippen LogP contribution >= 0.6 is 0 Å². The number of likely N-dealkylation sites (tertiary alicyclic amines) is 1. The molecule has 23 heavy (non-hydrogen) atoms. The minimum Gasteiger partial charge on any atom is -0.466 e. The Balaban J connectivity index is 1.99. The maximum Gasteiger partial charge on any atom is 0.306 e. The minimum atomic E-state index is -0.0685. The van der Waals surface area contributed by atoms with Crippen LogP contribution in [0.4, 0.5) is 0 Å². The van der Waals surface area contributed by atoms with E-state index in [0.29, 0.717) is 25.0 Å². The Kier molecular flexibility index (Phi) is 7.16. The highest BCUT2D eigenvalue weighted by molar-refractivity contribution is 5.69. The van der Waals surface area contributed by atoms with Gasteiger partial charge in [-0.2, -0.15) is 0 Å². The first-order valence-electron chi connectivity index (χ1n) is 8.61. The Bertz CT molecular complexity index is 520. The number of esters is 1. The van der Waals surface area contributed by atoms with Crippen molar-refractivity contribution in [1.82, 2.24) is 4.90 Å². The molecule has 2 unspecified atom stereocenters. The summed E-state index contributed by atoms with van der Waals surface area (Å²) in [4.78, 5) is 14.4. The van der Waals surface area contributed by atoms with Crippen LogP contribution in [0, 0.1) is 18.3 Å². The molecule has 0 bridgehead atoms. The second-order valence-electron chi connectivity index (χ2n) is 6.18. The Hall–Kier alpha value is -1.79. The summed E-state index contributed by atoms with van der Waals surface area (Å²) in [7, 11) is 0. The van der Waals surface area contributed by atoms with E-state index >= 15 is 0 Å². The van der Waals surface area contributed by atoms with Crippen LogP contribution in [-0.4, -0.2) is 30.1 Å². The molecule has 124 valence electrons. The number of terminal acetylenes is 1. The zero-order valence-electron chi connectivity index (χ0n) is 14.0. The van der Waals surface area contributed by atoms with Gasteiger partial charge in [-0.1, -0.05) is 30.3 Å². The first-order chi connectivity index (χ1) is 11.2. The van der Waals surface area contributed by atoms with Gasteiger partial charge in [-0.05, 0) is 44.2 Å². The Morgan fingerprint density at radius 1 is 1.39 bits per heavy atom. The van der Waals surface area contributed by atoms with Crippen molar-refractivity contribution in [2.24, 2.45) is 5.92 Å². The third kappa shape index (κ3) is 5.41. The van der Waals surface area contributed by atoms with Crippen LogP contribution in [0.15, 0.2) is 30.3 Å². The number of benzene rings is 1. The van der Waals surface area contributed by atoms with E-state index in [0.717, 1.165) is 38.8 Å². The quantitative estimate of drug-likeness (QED) is 0.417. The van der Waals surface area contributed by atoms with Gasteiger partial charge in [0.25, 0.3) is 0 Å². The lowest BCUT2D eigenvalue weighted by atomic mass is 9.92. The fraction of sp³-hybridized carbons (Fsp3) is 0.550. The molecule has 0 aliphatic carbocycles. The van der Waals surface area contributed by atoms with Gasteiger partial charge in [0, 0.05) is 25.4 Å². The lowest BCUT2D eigenvalue weighted by molar-refractivity contribution is -0.144. The molecule has 1 heterocycles. The SMILES string of the molecule is C#CCCCC1C(CC(=O)OCC)CCN1Cc1ccccc1. The summed E-state index contributed by atoms with van der Waals surface area (Å²) < 4.78 is 5.14. The van der Waals surface area contributed by atoms with Crippen LogP contribution in [0.1, 0.15) is 44.6 Å². The molecule has 1 aromatic carbocycles. The second-order valence-corrected chi connectivity index (χ2v) is 6.18. The van der Waals surface area contributed by atoms with Crippen molar-refractivity contribution >= 4 is 5.97 Å². The molecule has 1 aliphatic rings. The first-order valence-corrected chi connectivity index (χ1v) is 8.61. The van der Waals surface area contributed by atoms with Crippen LogP contribution in [0.3, 0.4) is 0 Å². The van der Waals surface area contributed by atoms with E-state index in [-0.39, 0.29) is 5.97 Å². The molecular formula is C20H27NO2. The molecule has 0 spiro atoms. The summed E-state index contributed by atoms with van der Waals surface area (Å²) in [5, 5.41) is 0. The predicted molar refractivity (Wildman–Crippen MR) is 92.7 cm³/mol. The van der Waals surface area contributed by atoms with Crippen molar-refractivity contribution in [1.29, 1.82) is 0 Å². The molecule has 0 radical (unpaired) electrons. The molecule has 1 aliphatic heterocycles. The molecule has 1 fully saturated rings. The first kappa shape index (κ1) is 17.6. The van der Waals surface area contributed by atoms with E-state index in [9.17, 15) is 4.79 Å². The van der Waals surface area contributed by atoms with Crippen LogP contribution in [0.25, 0.3) is 0 Å². The summed E-state index contributed by atoms with van der Waals surface area (Å²) in [6.07, 6.45) is 9.86. The molecule has 2 atom stereocenters. The number of hydrogen-bond donors (Lipinski definition) is 0. The molecule has 1 saturated heterocycles. The zero-order valence-corrected chi connectivity index (χ0v) is 14.0. The van der Waals surface area contributed by atoms with E-state index in [1.807, 2.05) is 13.0 Å². The highest BCUT2D eigenvalue weighted by atomic mass is 16.5. The second kappa shape index (κ2) is 9.37. The molecule has 3 nitrogen and oxygen atoms in total. The van der Waals surface area contributed by atoms with Gasteiger partial charge in [0.15, 0.2) is 0 Å². The van der Waals surface area contributed by atoms with Gasteiger partial charge >= 0.3 is 5.97 Å². The van der Waals surface area contributed by atoms with Gasteiger partial charge in [0.2, 0.25) is 0 Å². The number of unbranched alkanes of at least 4 members (excludes halogenated alkanes) is 1. The van der Waals surface area contributed by atoms with E-state index in [1.165, 1.54) is 5.56 Å². The van der Waals surface area contributed by atoms with Gasteiger partial charge < -0.3 is 4.74 Å². The molecule has 0 amide bonds.